The molecule has 0 bridgehead atoms. The molecule has 0 aliphatic rings. The summed E-state index contributed by atoms with van der Waals surface area (Å²) in [4.78, 5) is 4.14. The van der Waals surface area contributed by atoms with Crippen molar-refractivity contribution in [3.05, 3.63) is 60.3 Å². The van der Waals surface area contributed by atoms with Crippen LogP contribution in [0.15, 0.2) is 48.9 Å². The van der Waals surface area contributed by atoms with Gasteiger partial charge in [0, 0.05) is 37.6 Å². The summed E-state index contributed by atoms with van der Waals surface area (Å²) in [5, 5.41) is 11.9. The quantitative estimate of drug-likeness (QED) is 0.768. The molecule has 1 N–H and O–H groups in total. The van der Waals surface area contributed by atoms with Gasteiger partial charge in [0.25, 0.3) is 0 Å². The standard InChI is InChI=1S/C15H17N5/c1-12(13-5-4-8-16-11-13)17-9-7-15-19-18-14-6-2-3-10-20(14)15/h2-6,8,10-12,17H,7,9H2,1H3. The zero-order chi connectivity index (χ0) is 13.8. The van der Waals surface area contributed by atoms with Crippen molar-refractivity contribution in [2.75, 3.05) is 6.54 Å². The van der Waals surface area contributed by atoms with E-state index in [1.165, 1.54) is 5.56 Å². The molecule has 1 unspecified atom stereocenters. The molecule has 0 radical (unpaired) electrons. The molecular formula is C15H17N5. The molecule has 5 heteroatoms. The molecule has 3 aromatic heterocycles. The van der Waals surface area contributed by atoms with Crippen LogP contribution in [0.4, 0.5) is 0 Å². The van der Waals surface area contributed by atoms with Crippen molar-refractivity contribution in [2.24, 2.45) is 0 Å². The Hall–Kier alpha value is -2.27. The number of nitrogens with one attached hydrogen (secondary N) is 1. The highest BCUT2D eigenvalue weighted by Crippen LogP contribution is 2.10. The lowest BCUT2D eigenvalue weighted by Crippen LogP contribution is -2.22. The lowest BCUT2D eigenvalue weighted by molar-refractivity contribution is 0.567. The maximum Gasteiger partial charge on any atom is 0.160 e. The predicted molar refractivity (Wildman–Crippen MR) is 77.3 cm³/mol. The lowest BCUT2D eigenvalue weighted by Gasteiger charge is -2.13. The number of fused-ring (bicyclic) bond motifs is 1. The van der Waals surface area contributed by atoms with Gasteiger partial charge in [-0.15, -0.1) is 10.2 Å². The average Bonchev–Trinajstić information content (AvgIpc) is 2.92. The van der Waals surface area contributed by atoms with Crippen molar-refractivity contribution >= 4 is 5.65 Å². The van der Waals surface area contributed by atoms with E-state index < -0.39 is 0 Å². The van der Waals surface area contributed by atoms with Gasteiger partial charge in [-0.2, -0.15) is 0 Å². The van der Waals surface area contributed by atoms with Gasteiger partial charge in [0.15, 0.2) is 5.65 Å². The highest BCUT2D eigenvalue weighted by atomic mass is 15.2. The van der Waals surface area contributed by atoms with Gasteiger partial charge >= 0.3 is 0 Å². The molecule has 3 rings (SSSR count). The van der Waals surface area contributed by atoms with Gasteiger partial charge in [0.2, 0.25) is 0 Å². The minimum atomic E-state index is 0.280. The molecule has 0 saturated heterocycles. The Balaban J connectivity index is 1.60. The van der Waals surface area contributed by atoms with Crippen molar-refractivity contribution in [1.82, 2.24) is 24.9 Å². The first-order chi connectivity index (χ1) is 9.84. The molecule has 0 aliphatic carbocycles. The van der Waals surface area contributed by atoms with Gasteiger partial charge in [0.1, 0.15) is 5.82 Å². The fourth-order valence-electron chi connectivity index (χ4n) is 2.21. The third-order valence-electron chi connectivity index (χ3n) is 3.37. The normalized spacial score (nSPS) is 12.7. The third kappa shape index (κ3) is 2.67. The highest BCUT2D eigenvalue weighted by molar-refractivity contribution is 5.37. The monoisotopic (exact) mass is 267 g/mol. The number of hydrogen-bond acceptors (Lipinski definition) is 4. The Morgan fingerprint density at radius 3 is 3.00 bits per heavy atom. The summed E-state index contributed by atoms with van der Waals surface area (Å²) in [6.45, 7) is 2.99. The van der Waals surface area contributed by atoms with Gasteiger partial charge in [-0.3, -0.25) is 9.38 Å². The van der Waals surface area contributed by atoms with Gasteiger partial charge < -0.3 is 5.32 Å². The van der Waals surface area contributed by atoms with Crippen LogP contribution in [0.25, 0.3) is 5.65 Å². The van der Waals surface area contributed by atoms with Gasteiger partial charge in [-0.25, -0.2) is 0 Å². The summed E-state index contributed by atoms with van der Waals surface area (Å²) in [5.41, 5.74) is 2.08. The minimum absolute atomic E-state index is 0.280. The van der Waals surface area contributed by atoms with Gasteiger partial charge in [-0.1, -0.05) is 12.1 Å². The maximum atomic E-state index is 4.23. The summed E-state index contributed by atoms with van der Waals surface area (Å²) < 4.78 is 2.02. The van der Waals surface area contributed by atoms with Crippen molar-refractivity contribution in [1.29, 1.82) is 0 Å². The van der Waals surface area contributed by atoms with E-state index in [4.69, 9.17) is 0 Å². The molecule has 1 atom stereocenters. The van der Waals surface area contributed by atoms with Crippen molar-refractivity contribution in [3.63, 3.8) is 0 Å². The number of aromatic nitrogens is 4. The van der Waals surface area contributed by atoms with E-state index in [-0.39, 0.29) is 6.04 Å². The van der Waals surface area contributed by atoms with E-state index in [2.05, 4.69) is 33.5 Å². The topological polar surface area (TPSA) is 55.1 Å². The zero-order valence-corrected chi connectivity index (χ0v) is 11.4. The first-order valence-electron chi connectivity index (χ1n) is 6.76. The Bertz CT molecular complexity index is 677. The van der Waals surface area contributed by atoms with Gasteiger partial charge in [0.05, 0.1) is 0 Å². The molecule has 102 valence electrons. The fourth-order valence-corrected chi connectivity index (χ4v) is 2.21. The van der Waals surface area contributed by atoms with Crippen LogP contribution in [0.5, 0.6) is 0 Å². The van der Waals surface area contributed by atoms with E-state index >= 15 is 0 Å². The Labute approximate surface area is 117 Å². The predicted octanol–water partition coefficient (Wildman–Crippen LogP) is 2.02. The number of nitrogens with zero attached hydrogens (tertiary/aromatic N) is 4. The molecule has 0 spiro atoms. The second kappa shape index (κ2) is 5.79. The second-order valence-electron chi connectivity index (χ2n) is 4.76. The van der Waals surface area contributed by atoms with Crippen LogP contribution >= 0.6 is 0 Å². The van der Waals surface area contributed by atoms with Crippen molar-refractivity contribution < 1.29 is 0 Å². The van der Waals surface area contributed by atoms with Crippen molar-refractivity contribution in [2.45, 2.75) is 19.4 Å². The van der Waals surface area contributed by atoms with Crippen LogP contribution in [0.2, 0.25) is 0 Å². The molecule has 20 heavy (non-hydrogen) atoms. The maximum absolute atomic E-state index is 4.23. The Morgan fingerprint density at radius 1 is 1.20 bits per heavy atom. The Kier molecular flexibility index (Phi) is 3.69. The second-order valence-corrected chi connectivity index (χ2v) is 4.76. The summed E-state index contributed by atoms with van der Waals surface area (Å²) in [5.74, 6) is 0.978. The zero-order valence-electron chi connectivity index (χ0n) is 11.4. The molecule has 0 amide bonds. The summed E-state index contributed by atoms with van der Waals surface area (Å²) in [7, 11) is 0. The molecule has 0 aliphatic heterocycles. The number of hydrogen-bond donors (Lipinski definition) is 1. The largest absolute Gasteiger partial charge is 0.310 e. The highest BCUT2D eigenvalue weighted by Gasteiger charge is 2.07. The summed E-state index contributed by atoms with van der Waals surface area (Å²) >= 11 is 0. The van der Waals surface area contributed by atoms with Crippen LogP contribution in [-0.2, 0) is 6.42 Å². The van der Waals surface area contributed by atoms with Crippen LogP contribution < -0.4 is 5.32 Å². The average molecular weight is 267 g/mol. The lowest BCUT2D eigenvalue weighted by atomic mass is 10.1. The molecule has 0 aromatic carbocycles. The summed E-state index contributed by atoms with van der Waals surface area (Å²) in [6, 6.07) is 10.2. The smallest absolute Gasteiger partial charge is 0.160 e. The number of pyridine rings is 2. The van der Waals surface area contributed by atoms with Crippen molar-refractivity contribution in [3.8, 4) is 0 Å². The summed E-state index contributed by atoms with van der Waals surface area (Å²) in [6.07, 6.45) is 6.52. The molecule has 5 nitrogen and oxygen atoms in total. The molecular weight excluding hydrogens is 250 g/mol. The third-order valence-corrected chi connectivity index (χ3v) is 3.37. The molecule has 3 heterocycles. The van der Waals surface area contributed by atoms with Crippen LogP contribution in [0, 0.1) is 0 Å². The fraction of sp³-hybridized carbons (Fsp3) is 0.267. The molecule has 3 aromatic rings. The van der Waals surface area contributed by atoms with E-state index in [0.717, 1.165) is 24.4 Å². The first kappa shape index (κ1) is 12.7. The molecule has 0 saturated carbocycles. The van der Waals surface area contributed by atoms with E-state index in [1.54, 1.807) is 6.20 Å². The Morgan fingerprint density at radius 2 is 2.15 bits per heavy atom. The van der Waals surface area contributed by atoms with E-state index in [0.29, 0.717) is 0 Å². The van der Waals surface area contributed by atoms with Crippen LogP contribution in [0.1, 0.15) is 24.4 Å². The molecule has 0 fully saturated rings. The minimum Gasteiger partial charge on any atom is -0.310 e. The van der Waals surface area contributed by atoms with Crippen LogP contribution in [-0.4, -0.2) is 26.1 Å². The SMILES string of the molecule is CC(NCCc1nnc2ccccn12)c1cccnc1. The number of rotatable bonds is 5. The van der Waals surface area contributed by atoms with Crippen LogP contribution in [0.3, 0.4) is 0 Å². The van der Waals surface area contributed by atoms with Gasteiger partial charge in [-0.05, 0) is 30.7 Å². The van der Waals surface area contributed by atoms with E-state index in [9.17, 15) is 0 Å². The van der Waals surface area contributed by atoms with E-state index in [1.807, 2.05) is 41.1 Å². The first-order valence-corrected chi connectivity index (χ1v) is 6.76.